The molecule has 0 saturated heterocycles. The van der Waals surface area contributed by atoms with E-state index in [1.165, 1.54) is 0 Å². The van der Waals surface area contributed by atoms with Crippen LogP contribution in [0, 0.1) is 0 Å². The minimum Gasteiger partial charge on any atom is -0.481 e. The Bertz CT molecular complexity index is 1020. The fraction of sp³-hybridized carbons (Fsp3) is 0.273. The third-order valence-corrected chi connectivity index (χ3v) is 5.40. The minimum absolute atomic E-state index is 0.0326. The van der Waals surface area contributed by atoms with Gasteiger partial charge in [0.1, 0.15) is 0 Å². The standard InChI is InChI=1S/C22H22N2O3/c1-2-23-13-16(18-9-5-6-10-20(18)23)11-21(25)24-12-15-7-3-4-8-17(15)19(14-24)22(26)27/h3-10,13,19H,2,11-12,14H2,1H3,(H,26,27). The van der Waals surface area contributed by atoms with E-state index >= 15 is 0 Å². The Morgan fingerprint density at radius 3 is 2.63 bits per heavy atom. The zero-order valence-corrected chi connectivity index (χ0v) is 15.3. The molecule has 0 spiro atoms. The molecular weight excluding hydrogens is 340 g/mol. The van der Waals surface area contributed by atoms with E-state index < -0.39 is 11.9 Å². The van der Waals surface area contributed by atoms with E-state index in [1.54, 1.807) is 4.90 Å². The van der Waals surface area contributed by atoms with Crippen molar-refractivity contribution in [2.45, 2.75) is 32.4 Å². The molecule has 0 radical (unpaired) electrons. The Kier molecular flexibility index (Phi) is 4.44. The van der Waals surface area contributed by atoms with Crippen molar-refractivity contribution in [2.24, 2.45) is 0 Å². The summed E-state index contributed by atoms with van der Waals surface area (Å²) in [5.41, 5.74) is 3.84. The molecule has 1 atom stereocenters. The van der Waals surface area contributed by atoms with Crippen LogP contribution < -0.4 is 0 Å². The van der Waals surface area contributed by atoms with Crippen molar-refractivity contribution in [1.82, 2.24) is 9.47 Å². The van der Waals surface area contributed by atoms with Gasteiger partial charge in [-0.3, -0.25) is 9.59 Å². The van der Waals surface area contributed by atoms with Crippen molar-refractivity contribution in [3.63, 3.8) is 0 Å². The number of rotatable bonds is 4. The Hall–Kier alpha value is -3.08. The number of carboxylic acid groups (broad SMARTS) is 1. The summed E-state index contributed by atoms with van der Waals surface area (Å²) in [6.07, 6.45) is 2.32. The fourth-order valence-electron chi connectivity index (χ4n) is 4.01. The van der Waals surface area contributed by atoms with Crippen molar-refractivity contribution in [3.8, 4) is 0 Å². The summed E-state index contributed by atoms with van der Waals surface area (Å²) < 4.78 is 2.14. The van der Waals surface area contributed by atoms with Crippen molar-refractivity contribution in [1.29, 1.82) is 0 Å². The first kappa shape index (κ1) is 17.3. The maximum absolute atomic E-state index is 13.0. The Morgan fingerprint density at radius 1 is 1.11 bits per heavy atom. The van der Waals surface area contributed by atoms with Gasteiger partial charge < -0.3 is 14.6 Å². The van der Waals surface area contributed by atoms with Gasteiger partial charge in [-0.1, -0.05) is 42.5 Å². The van der Waals surface area contributed by atoms with Crippen LogP contribution in [0.4, 0.5) is 0 Å². The molecule has 0 bridgehead atoms. The predicted molar refractivity (Wildman–Crippen MR) is 104 cm³/mol. The lowest BCUT2D eigenvalue weighted by molar-refractivity contribution is -0.141. The van der Waals surface area contributed by atoms with Crippen LogP contribution in [0.1, 0.15) is 29.5 Å². The highest BCUT2D eigenvalue weighted by atomic mass is 16.4. The highest BCUT2D eigenvalue weighted by molar-refractivity contribution is 5.90. The lowest BCUT2D eigenvalue weighted by Gasteiger charge is -2.32. The molecule has 1 unspecified atom stereocenters. The van der Waals surface area contributed by atoms with Gasteiger partial charge in [-0.2, -0.15) is 0 Å². The van der Waals surface area contributed by atoms with Gasteiger partial charge in [-0.15, -0.1) is 0 Å². The molecule has 1 amide bonds. The van der Waals surface area contributed by atoms with Crippen LogP contribution in [0.25, 0.3) is 10.9 Å². The van der Waals surface area contributed by atoms with Gasteiger partial charge in [-0.25, -0.2) is 0 Å². The number of nitrogens with zero attached hydrogens (tertiary/aromatic N) is 2. The van der Waals surface area contributed by atoms with Crippen LogP contribution in [-0.2, 0) is 29.1 Å². The summed E-state index contributed by atoms with van der Waals surface area (Å²) in [5, 5.41) is 10.7. The van der Waals surface area contributed by atoms with Crippen LogP contribution in [-0.4, -0.2) is 33.0 Å². The quantitative estimate of drug-likeness (QED) is 0.774. The van der Waals surface area contributed by atoms with E-state index in [0.29, 0.717) is 6.54 Å². The highest BCUT2D eigenvalue weighted by Gasteiger charge is 2.32. The summed E-state index contributed by atoms with van der Waals surface area (Å²) in [4.78, 5) is 26.4. The van der Waals surface area contributed by atoms with Crippen LogP contribution in [0.5, 0.6) is 0 Å². The smallest absolute Gasteiger partial charge is 0.312 e. The molecule has 27 heavy (non-hydrogen) atoms. The topological polar surface area (TPSA) is 62.5 Å². The molecule has 138 valence electrons. The molecule has 1 aliphatic rings. The second kappa shape index (κ2) is 6.91. The first-order valence-electron chi connectivity index (χ1n) is 9.23. The van der Waals surface area contributed by atoms with Gasteiger partial charge in [0.2, 0.25) is 5.91 Å². The van der Waals surface area contributed by atoms with Crippen molar-refractivity contribution in [2.75, 3.05) is 6.54 Å². The lowest BCUT2D eigenvalue weighted by atomic mass is 9.89. The SMILES string of the molecule is CCn1cc(CC(=O)N2Cc3ccccc3C(C(=O)O)C2)c2ccccc21. The molecule has 5 nitrogen and oxygen atoms in total. The molecule has 0 fully saturated rings. The second-order valence-corrected chi connectivity index (χ2v) is 7.00. The molecular formula is C22H22N2O3. The summed E-state index contributed by atoms with van der Waals surface area (Å²) in [7, 11) is 0. The number of hydrogen-bond acceptors (Lipinski definition) is 2. The van der Waals surface area contributed by atoms with Gasteiger partial charge in [0.05, 0.1) is 12.3 Å². The zero-order chi connectivity index (χ0) is 19.0. The van der Waals surface area contributed by atoms with Crippen LogP contribution >= 0.6 is 0 Å². The Balaban J connectivity index is 1.62. The number of carboxylic acids is 1. The van der Waals surface area contributed by atoms with Crippen LogP contribution in [0.2, 0.25) is 0 Å². The average Bonchev–Trinajstić information content (AvgIpc) is 3.04. The van der Waals surface area contributed by atoms with E-state index in [-0.39, 0.29) is 18.9 Å². The van der Waals surface area contributed by atoms with E-state index in [2.05, 4.69) is 17.6 Å². The predicted octanol–water partition coefficient (Wildman–Crippen LogP) is 3.41. The van der Waals surface area contributed by atoms with Gasteiger partial charge >= 0.3 is 5.97 Å². The largest absolute Gasteiger partial charge is 0.481 e. The number of benzene rings is 2. The van der Waals surface area contributed by atoms with Gasteiger partial charge in [0, 0.05) is 36.7 Å². The number of para-hydroxylation sites is 1. The molecule has 2 aromatic carbocycles. The van der Waals surface area contributed by atoms with Gasteiger partial charge in [-0.05, 0) is 29.7 Å². The van der Waals surface area contributed by atoms with Crippen molar-refractivity contribution in [3.05, 3.63) is 71.4 Å². The third kappa shape index (κ3) is 3.10. The fourth-order valence-corrected chi connectivity index (χ4v) is 4.01. The van der Waals surface area contributed by atoms with Crippen LogP contribution in [0.15, 0.2) is 54.7 Å². The van der Waals surface area contributed by atoms with E-state index in [1.807, 2.05) is 48.7 Å². The van der Waals surface area contributed by atoms with Crippen LogP contribution in [0.3, 0.4) is 0 Å². The number of carbonyl (C=O) groups is 2. The summed E-state index contributed by atoms with van der Waals surface area (Å²) in [6.45, 7) is 3.60. The van der Waals surface area contributed by atoms with Crippen molar-refractivity contribution >= 4 is 22.8 Å². The second-order valence-electron chi connectivity index (χ2n) is 7.00. The van der Waals surface area contributed by atoms with E-state index in [4.69, 9.17) is 0 Å². The maximum Gasteiger partial charge on any atom is 0.312 e. The first-order valence-corrected chi connectivity index (χ1v) is 9.23. The molecule has 3 aromatic rings. The molecule has 5 heteroatoms. The zero-order valence-electron chi connectivity index (χ0n) is 15.3. The maximum atomic E-state index is 13.0. The molecule has 1 aliphatic heterocycles. The van der Waals surface area contributed by atoms with Gasteiger partial charge in [0.15, 0.2) is 0 Å². The number of aryl methyl sites for hydroxylation is 1. The number of aliphatic carboxylic acids is 1. The molecule has 1 N–H and O–H groups in total. The number of fused-ring (bicyclic) bond motifs is 2. The minimum atomic E-state index is -0.887. The first-order chi connectivity index (χ1) is 13.1. The van der Waals surface area contributed by atoms with Crippen molar-refractivity contribution < 1.29 is 14.7 Å². The van der Waals surface area contributed by atoms with Gasteiger partial charge in [0.25, 0.3) is 0 Å². The number of hydrogen-bond donors (Lipinski definition) is 1. The molecule has 0 aliphatic carbocycles. The average molecular weight is 362 g/mol. The number of aromatic nitrogens is 1. The normalized spacial score (nSPS) is 16.3. The summed E-state index contributed by atoms with van der Waals surface area (Å²) in [6, 6.07) is 15.6. The molecule has 2 heterocycles. The molecule has 0 saturated carbocycles. The monoisotopic (exact) mass is 362 g/mol. The van der Waals surface area contributed by atoms with E-state index in [9.17, 15) is 14.7 Å². The molecule has 4 rings (SSSR count). The number of amides is 1. The third-order valence-electron chi connectivity index (χ3n) is 5.40. The highest BCUT2D eigenvalue weighted by Crippen LogP contribution is 2.29. The molecule has 1 aromatic heterocycles. The summed E-state index contributed by atoms with van der Waals surface area (Å²) >= 11 is 0. The number of carbonyl (C=O) groups excluding carboxylic acids is 1. The lowest BCUT2D eigenvalue weighted by Crippen LogP contribution is -2.41. The van der Waals surface area contributed by atoms with E-state index in [0.717, 1.165) is 34.1 Å². The summed E-state index contributed by atoms with van der Waals surface area (Å²) in [5.74, 6) is -1.59. The Morgan fingerprint density at radius 2 is 1.85 bits per heavy atom. The Labute approximate surface area is 157 Å².